The van der Waals surface area contributed by atoms with Crippen molar-refractivity contribution < 1.29 is 18.3 Å². The highest BCUT2D eigenvalue weighted by Gasteiger charge is 2.37. The summed E-state index contributed by atoms with van der Waals surface area (Å²) in [6, 6.07) is 1.16. The predicted octanol–water partition coefficient (Wildman–Crippen LogP) is 3.75. The summed E-state index contributed by atoms with van der Waals surface area (Å²) in [6.45, 7) is 5.85. The lowest BCUT2D eigenvalue weighted by atomic mass is 9.87. The van der Waals surface area contributed by atoms with Crippen LogP contribution in [0.4, 0.5) is 13.2 Å². The first-order valence-corrected chi connectivity index (χ1v) is 7.41. The lowest BCUT2D eigenvalue weighted by Gasteiger charge is -2.26. The van der Waals surface area contributed by atoms with Crippen molar-refractivity contribution in [3.05, 3.63) is 17.5 Å². The van der Waals surface area contributed by atoms with Gasteiger partial charge in [0, 0.05) is 12.0 Å². The number of halogens is 3. The van der Waals surface area contributed by atoms with Gasteiger partial charge in [-0.3, -0.25) is 4.68 Å². The number of rotatable bonds is 2. The normalized spacial score (nSPS) is 24.3. The lowest BCUT2D eigenvalue weighted by Crippen LogP contribution is -2.24. The van der Waals surface area contributed by atoms with Crippen LogP contribution in [-0.4, -0.2) is 21.0 Å². The molecule has 0 aromatic carbocycles. The molecule has 0 aliphatic heterocycles. The number of nitrogens with zero attached hydrogens (tertiary/aromatic N) is 2. The smallest absolute Gasteiger partial charge is 0.393 e. The molecule has 1 fully saturated rings. The van der Waals surface area contributed by atoms with Crippen LogP contribution in [0.3, 0.4) is 0 Å². The zero-order valence-corrected chi connectivity index (χ0v) is 12.7. The fourth-order valence-corrected chi connectivity index (χ4v) is 2.72. The third-order valence-corrected chi connectivity index (χ3v) is 4.09. The topological polar surface area (TPSA) is 38.0 Å². The Labute approximate surface area is 123 Å². The molecule has 1 aromatic heterocycles. The van der Waals surface area contributed by atoms with Crippen LogP contribution in [0.2, 0.25) is 0 Å². The van der Waals surface area contributed by atoms with E-state index in [-0.39, 0.29) is 18.6 Å². The number of aliphatic hydroxyl groups excluding tert-OH is 1. The highest BCUT2D eigenvalue weighted by Crippen LogP contribution is 2.34. The first-order valence-electron chi connectivity index (χ1n) is 7.41. The molecular formula is C15H23F3N2O. The summed E-state index contributed by atoms with van der Waals surface area (Å²) in [5.41, 5.74) is -0.613. The Kier molecular flexibility index (Phi) is 4.38. The van der Waals surface area contributed by atoms with E-state index in [1.54, 1.807) is 0 Å². The van der Waals surface area contributed by atoms with Gasteiger partial charge >= 0.3 is 6.18 Å². The molecule has 1 aliphatic carbocycles. The molecule has 6 heteroatoms. The van der Waals surface area contributed by atoms with Crippen molar-refractivity contribution in [1.82, 2.24) is 9.78 Å². The first-order chi connectivity index (χ1) is 9.57. The van der Waals surface area contributed by atoms with Crippen molar-refractivity contribution in [2.75, 3.05) is 0 Å². The highest BCUT2D eigenvalue weighted by molar-refractivity contribution is 5.19. The van der Waals surface area contributed by atoms with Crippen LogP contribution in [-0.2, 0) is 18.1 Å². The van der Waals surface area contributed by atoms with Crippen LogP contribution in [0.1, 0.15) is 57.8 Å². The molecule has 0 radical (unpaired) electrons. The molecule has 0 amide bonds. The van der Waals surface area contributed by atoms with Crippen molar-refractivity contribution in [3.8, 4) is 0 Å². The van der Waals surface area contributed by atoms with E-state index in [2.05, 4.69) is 5.10 Å². The summed E-state index contributed by atoms with van der Waals surface area (Å²) < 4.78 is 40.6. The molecule has 1 aliphatic rings. The van der Waals surface area contributed by atoms with Crippen LogP contribution in [0.15, 0.2) is 6.07 Å². The average molecular weight is 304 g/mol. The minimum absolute atomic E-state index is 0.155. The van der Waals surface area contributed by atoms with E-state index in [4.69, 9.17) is 0 Å². The van der Waals surface area contributed by atoms with E-state index in [9.17, 15) is 18.3 Å². The first kappa shape index (κ1) is 16.3. The molecule has 2 rings (SSSR count). The molecule has 0 unspecified atom stereocenters. The maximum Gasteiger partial charge on any atom is 0.433 e. The number of aromatic nitrogens is 2. The third-order valence-electron chi connectivity index (χ3n) is 4.09. The van der Waals surface area contributed by atoms with Crippen LogP contribution < -0.4 is 0 Å². The monoisotopic (exact) mass is 304 g/mol. The van der Waals surface area contributed by atoms with E-state index in [0.29, 0.717) is 18.5 Å². The standard InChI is InChI=1S/C15H23F3N2O/c1-14(2,3)12-8-13(15(16,17)18)20(19-12)9-10-4-6-11(21)7-5-10/h8,10-11,21H,4-7,9H2,1-3H3. The van der Waals surface area contributed by atoms with Crippen molar-refractivity contribution in [1.29, 1.82) is 0 Å². The van der Waals surface area contributed by atoms with Crippen LogP contribution >= 0.6 is 0 Å². The molecule has 3 nitrogen and oxygen atoms in total. The SMILES string of the molecule is CC(C)(C)c1cc(C(F)(F)F)n(CC2CCC(O)CC2)n1. The van der Waals surface area contributed by atoms with E-state index >= 15 is 0 Å². The van der Waals surface area contributed by atoms with Gasteiger partial charge in [-0.1, -0.05) is 20.8 Å². The van der Waals surface area contributed by atoms with Gasteiger partial charge in [0.2, 0.25) is 0 Å². The third kappa shape index (κ3) is 3.99. The molecule has 21 heavy (non-hydrogen) atoms. The molecule has 0 atom stereocenters. The van der Waals surface area contributed by atoms with Gasteiger partial charge in [-0.05, 0) is 37.7 Å². The molecule has 1 N–H and O–H groups in total. The van der Waals surface area contributed by atoms with E-state index in [1.165, 1.54) is 0 Å². The Morgan fingerprint density at radius 3 is 2.24 bits per heavy atom. The van der Waals surface area contributed by atoms with Crippen molar-refractivity contribution in [2.45, 2.75) is 70.7 Å². The van der Waals surface area contributed by atoms with Gasteiger partial charge < -0.3 is 5.11 Å². The van der Waals surface area contributed by atoms with Crippen molar-refractivity contribution in [3.63, 3.8) is 0 Å². The zero-order chi connectivity index (χ0) is 15.8. The zero-order valence-electron chi connectivity index (χ0n) is 12.7. The summed E-state index contributed by atoms with van der Waals surface area (Å²) >= 11 is 0. The van der Waals surface area contributed by atoms with E-state index in [1.807, 2.05) is 20.8 Å². The minimum atomic E-state index is -4.38. The van der Waals surface area contributed by atoms with Gasteiger partial charge in [-0.15, -0.1) is 0 Å². The molecule has 0 bridgehead atoms. The van der Waals surface area contributed by atoms with Gasteiger partial charge in [0.1, 0.15) is 5.69 Å². The predicted molar refractivity (Wildman–Crippen MR) is 73.9 cm³/mol. The van der Waals surface area contributed by atoms with Crippen LogP contribution in [0, 0.1) is 5.92 Å². The molecule has 120 valence electrons. The molecule has 1 aromatic rings. The second-order valence-electron chi connectivity index (χ2n) is 7.02. The number of hydrogen-bond acceptors (Lipinski definition) is 2. The fourth-order valence-electron chi connectivity index (χ4n) is 2.72. The Morgan fingerprint density at radius 2 is 1.76 bits per heavy atom. The van der Waals surface area contributed by atoms with Crippen LogP contribution in [0.5, 0.6) is 0 Å². The molecular weight excluding hydrogens is 281 g/mol. The maximum atomic E-state index is 13.2. The van der Waals surface area contributed by atoms with E-state index < -0.39 is 17.3 Å². The van der Waals surface area contributed by atoms with Gasteiger partial charge in [0.25, 0.3) is 0 Å². The summed E-state index contributed by atoms with van der Waals surface area (Å²) in [4.78, 5) is 0. The molecule has 1 saturated carbocycles. The highest BCUT2D eigenvalue weighted by atomic mass is 19.4. The molecule has 1 heterocycles. The fraction of sp³-hybridized carbons (Fsp3) is 0.800. The minimum Gasteiger partial charge on any atom is -0.393 e. The summed E-state index contributed by atoms with van der Waals surface area (Å²) in [6.07, 6.45) is -1.85. The molecule has 0 saturated heterocycles. The Hall–Kier alpha value is -1.04. The van der Waals surface area contributed by atoms with Gasteiger partial charge in [0.15, 0.2) is 0 Å². The second kappa shape index (κ2) is 5.63. The Balaban J connectivity index is 2.23. The Morgan fingerprint density at radius 1 is 1.19 bits per heavy atom. The maximum absolute atomic E-state index is 13.2. The van der Waals surface area contributed by atoms with E-state index in [0.717, 1.165) is 23.6 Å². The number of alkyl halides is 3. The number of hydrogen-bond donors (Lipinski definition) is 1. The van der Waals surface area contributed by atoms with Gasteiger partial charge in [-0.25, -0.2) is 0 Å². The quantitative estimate of drug-likeness (QED) is 0.903. The largest absolute Gasteiger partial charge is 0.433 e. The summed E-state index contributed by atoms with van der Waals surface area (Å²) in [5, 5.41) is 13.7. The van der Waals surface area contributed by atoms with Gasteiger partial charge in [-0.2, -0.15) is 18.3 Å². The summed E-state index contributed by atoms with van der Waals surface area (Å²) in [7, 11) is 0. The number of aliphatic hydroxyl groups is 1. The summed E-state index contributed by atoms with van der Waals surface area (Å²) in [5.74, 6) is 0.155. The van der Waals surface area contributed by atoms with Gasteiger partial charge in [0.05, 0.1) is 11.8 Å². The van der Waals surface area contributed by atoms with Crippen LogP contribution in [0.25, 0.3) is 0 Å². The molecule has 0 spiro atoms. The lowest BCUT2D eigenvalue weighted by molar-refractivity contribution is -0.144. The van der Waals surface area contributed by atoms with Crippen molar-refractivity contribution >= 4 is 0 Å². The average Bonchev–Trinajstić information content (AvgIpc) is 2.75. The second-order valence-corrected chi connectivity index (χ2v) is 7.02. The Bertz CT molecular complexity index is 480. The van der Waals surface area contributed by atoms with Crippen molar-refractivity contribution in [2.24, 2.45) is 5.92 Å².